The van der Waals surface area contributed by atoms with Crippen molar-refractivity contribution in [3.05, 3.63) is 0 Å². The molecule has 0 unspecified atom stereocenters. The molecule has 2 aliphatic rings. The highest BCUT2D eigenvalue weighted by atomic mass is 32.2. The minimum Gasteiger partial charge on any atom is -0.329 e. The average molecular weight is 261 g/mol. The molecule has 2 fully saturated rings. The molecular formula is C11H23N3O2S. The highest BCUT2D eigenvalue weighted by Gasteiger charge is 2.40. The fraction of sp³-hybridized carbons (Fsp3) is 1.00. The lowest BCUT2D eigenvalue weighted by atomic mass is 9.78. The monoisotopic (exact) mass is 261 g/mol. The van der Waals surface area contributed by atoms with Gasteiger partial charge < -0.3 is 5.73 Å². The molecule has 2 rings (SSSR count). The molecule has 17 heavy (non-hydrogen) atoms. The molecule has 0 aromatic heterocycles. The first kappa shape index (κ1) is 13.3. The van der Waals surface area contributed by atoms with E-state index in [2.05, 4.69) is 4.72 Å². The highest BCUT2D eigenvalue weighted by molar-refractivity contribution is 7.87. The number of hydrogen-bond acceptors (Lipinski definition) is 3. The molecule has 3 N–H and O–H groups in total. The summed E-state index contributed by atoms with van der Waals surface area (Å²) in [7, 11) is -3.33. The lowest BCUT2D eigenvalue weighted by Crippen LogP contribution is -2.61. The van der Waals surface area contributed by atoms with Gasteiger partial charge in [0.2, 0.25) is 0 Å². The van der Waals surface area contributed by atoms with E-state index < -0.39 is 10.2 Å². The van der Waals surface area contributed by atoms with Crippen molar-refractivity contribution in [1.82, 2.24) is 9.03 Å². The third-order valence-electron chi connectivity index (χ3n) is 3.95. The summed E-state index contributed by atoms with van der Waals surface area (Å²) in [5.74, 6) is 0. The van der Waals surface area contributed by atoms with Crippen LogP contribution in [0.2, 0.25) is 0 Å². The van der Waals surface area contributed by atoms with Crippen molar-refractivity contribution in [2.24, 2.45) is 5.73 Å². The van der Waals surface area contributed by atoms with Gasteiger partial charge in [-0.25, -0.2) is 0 Å². The van der Waals surface area contributed by atoms with Gasteiger partial charge in [-0.3, -0.25) is 0 Å². The molecule has 0 spiro atoms. The molecule has 1 saturated heterocycles. The molecule has 1 aliphatic carbocycles. The molecule has 0 atom stereocenters. The van der Waals surface area contributed by atoms with E-state index in [0.717, 1.165) is 44.9 Å². The van der Waals surface area contributed by atoms with Crippen molar-refractivity contribution < 1.29 is 8.42 Å². The van der Waals surface area contributed by atoms with Crippen LogP contribution in [0.3, 0.4) is 0 Å². The highest BCUT2D eigenvalue weighted by Crippen LogP contribution is 2.32. The number of hydrogen-bond donors (Lipinski definition) is 2. The minimum absolute atomic E-state index is 0.356. The minimum atomic E-state index is -3.33. The maximum absolute atomic E-state index is 12.3. The summed E-state index contributed by atoms with van der Waals surface area (Å²) in [5, 5.41) is 0. The van der Waals surface area contributed by atoms with Crippen LogP contribution < -0.4 is 10.5 Å². The van der Waals surface area contributed by atoms with Gasteiger partial charge in [0.1, 0.15) is 0 Å². The van der Waals surface area contributed by atoms with E-state index in [1.54, 1.807) is 4.31 Å². The van der Waals surface area contributed by atoms with E-state index in [1.807, 2.05) is 0 Å². The Hall–Kier alpha value is -0.170. The molecule has 1 saturated carbocycles. The van der Waals surface area contributed by atoms with E-state index in [4.69, 9.17) is 5.73 Å². The van der Waals surface area contributed by atoms with Gasteiger partial charge in [-0.05, 0) is 32.1 Å². The quantitative estimate of drug-likeness (QED) is 0.777. The Morgan fingerprint density at radius 2 is 1.65 bits per heavy atom. The Bertz CT molecular complexity index is 338. The van der Waals surface area contributed by atoms with E-state index in [9.17, 15) is 8.42 Å². The second kappa shape index (κ2) is 5.22. The molecule has 0 amide bonds. The fourth-order valence-electron chi connectivity index (χ4n) is 2.57. The molecule has 1 heterocycles. The molecule has 0 aromatic rings. The second-order valence-corrected chi connectivity index (χ2v) is 6.93. The Morgan fingerprint density at radius 1 is 1.06 bits per heavy atom. The van der Waals surface area contributed by atoms with Gasteiger partial charge >= 0.3 is 0 Å². The first-order valence-electron chi connectivity index (χ1n) is 6.57. The number of nitrogens with two attached hydrogens (primary N) is 1. The van der Waals surface area contributed by atoms with Gasteiger partial charge in [0.15, 0.2) is 0 Å². The second-order valence-electron chi connectivity index (χ2n) is 5.26. The Morgan fingerprint density at radius 3 is 2.06 bits per heavy atom. The molecule has 5 nitrogen and oxygen atoms in total. The van der Waals surface area contributed by atoms with Crippen LogP contribution >= 0.6 is 0 Å². The van der Waals surface area contributed by atoms with Crippen LogP contribution in [0.5, 0.6) is 0 Å². The van der Waals surface area contributed by atoms with Crippen LogP contribution in [-0.2, 0) is 10.2 Å². The van der Waals surface area contributed by atoms with Crippen LogP contribution in [0.4, 0.5) is 0 Å². The third kappa shape index (κ3) is 2.99. The van der Waals surface area contributed by atoms with Crippen LogP contribution in [0.15, 0.2) is 0 Å². The van der Waals surface area contributed by atoms with Gasteiger partial charge in [-0.15, -0.1) is 0 Å². The first-order valence-corrected chi connectivity index (χ1v) is 8.01. The molecule has 0 radical (unpaired) electrons. The normalized spacial score (nSPS) is 26.2. The molecule has 1 aliphatic heterocycles. The zero-order valence-corrected chi connectivity index (χ0v) is 11.1. The number of rotatable bonds is 4. The van der Waals surface area contributed by atoms with Crippen molar-refractivity contribution in [3.63, 3.8) is 0 Å². The van der Waals surface area contributed by atoms with Crippen molar-refractivity contribution >= 4 is 10.2 Å². The molecule has 6 heteroatoms. The van der Waals surface area contributed by atoms with E-state index in [1.165, 1.54) is 0 Å². The van der Waals surface area contributed by atoms with Crippen LogP contribution in [0.1, 0.15) is 44.9 Å². The van der Waals surface area contributed by atoms with Crippen molar-refractivity contribution in [2.45, 2.75) is 50.5 Å². The Kier molecular flexibility index (Phi) is 4.07. The SMILES string of the molecule is NCC1(NS(=O)(=O)N2CCCCCC2)CCC1. The average Bonchev–Trinajstić information content (AvgIpc) is 2.52. The van der Waals surface area contributed by atoms with Crippen molar-refractivity contribution in [1.29, 1.82) is 0 Å². The number of nitrogens with one attached hydrogen (secondary N) is 1. The summed E-state index contributed by atoms with van der Waals surface area (Å²) in [6.07, 6.45) is 7.02. The number of nitrogens with zero attached hydrogens (tertiary/aromatic N) is 1. The fourth-order valence-corrected chi connectivity index (χ4v) is 4.27. The summed E-state index contributed by atoms with van der Waals surface area (Å²) in [5.41, 5.74) is 5.33. The van der Waals surface area contributed by atoms with E-state index in [0.29, 0.717) is 19.6 Å². The lowest BCUT2D eigenvalue weighted by Gasteiger charge is -2.42. The summed E-state index contributed by atoms with van der Waals surface area (Å²) < 4.78 is 28.9. The summed E-state index contributed by atoms with van der Waals surface area (Å²) in [6.45, 7) is 1.70. The molecular weight excluding hydrogens is 238 g/mol. The zero-order valence-electron chi connectivity index (χ0n) is 10.3. The Labute approximate surface area is 104 Å². The molecule has 0 bridgehead atoms. The first-order chi connectivity index (χ1) is 8.08. The predicted octanol–water partition coefficient (Wildman–Crippen LogP) is 0.578. The van der Waals surface area contributed by atoms with Gasteiger partial charge in [-0.1, -0.05) is 12.8 Å². The summed E-state index contributed by atoms with van der Waals surface area (Å²) in [6, 6.07) is 0. The Balaban J connectivity index is 2.01. The van der Waals surface area contributed by atoms with Crippen molar-refractivity contribution in [3.8, 4) is 0 Å². The molecule has 100 valence electrons. The molecule has 0 aromatic carbocycles. The lowest BCUT2D eigenvalue weighted by molar-refractivity contribution is 0.224. The smallest absolute Gasteiger partial charge is 0.279 e. The zero-order chi connectivity index (χ0) is 12.4. The standard InChI is InChI=1S/C11H23N3O2S/c12-10-11(6-5-7-11)13-17(15,16)14-8-3-1-2-4-9-14/h13H,1-10,12H2. The van der Waals surface area contributed by atoms with Crippen molar-refractivity contribution in [2.75, 3.05) is 19.6 Å². The maximum Gasteiger partial charge on any atom is 0.279 e. The largest absolute Gasteiger partial charge is 0.329 e. The van der Waals surface area contributed by atoms with E-state index in [-0.39, 0.29) is 5.54 Å². The van der Waals surface area contributed by atoms with Gasteiger partial charge in [-0.2, -0.15) is 17.4 Å². The van der Waals surface area contributed by atoms with Gasteiger partial charge in [0.05, 0.1) is 0 Å². The summed E-state index contributed by atoms with van der Waals surface area (Å²) in [4.78, 5) is 0. The predicted molar refractivity (Wildman–Crippen MR) is 67.7 cm³/mol. The van der Waals surface area contributed by atoms with Gasteiger partial charge in [0, 0.05) is 25.2 Å². The van der Waals surface area contributed by atoms with Gasteiger partial charge in [0.25, 0.3) is 10.2 Å². The summed E-state index contributed by atoms with van der Waals surface area (Å²) >= 11 is 0. The third-order valence-corrected chi connectivity index (χ3v) is 5.69. The van der Waals surface area contributed by atoms with Crippen LogP contribution in [0, 0.1) is 0 Å². The topological polar surface area (TPSA) is 75.4 Å². The maximum atomic E-state index is 12.3. The van der Waals surface area contributed by atoms with Crippen LogP contribution in [0.25, 0.3) is 0 Å². The van der Waals surface area contributed by atoms with E-state index >= 15 is 0 Å². The van der Waals surface area contributed by atoms with Crippen LogP contribution in [-0.4, -0.2) is 37.9 Å².